The molecule has 246 valence electrons. The van der Waals surface area contributed by atoms with Crippen LogP contribution in [0.2, 0.25) is 10.0 Å². The molecule has 3 amide bonds. The van der Waals surface area contributed by atoms with Crippen molar-refractivity contribution < 1.29 is 43.2 Å². The lowest BCUT2D eigenvalue weighted by Gasteiger charge is -2.28. The molecule has 4 N–H and O–H groups in total. The van der Waals surface area contributed by atoms with Gasteiger partial charge in [-0.25, -0.2) is 19.8 Å². The fourth-order valence-electron chi connectivity index (χ4n) is 4.45. The predicted octanol–water partition coefficient (Wildman–Crippen LogP) is 5.00. The molecule has 15 heteroatoms. The van der Waals surface area contributed by atoms with Gasteiger partial charge in [0.15, 0.2) is 23.9 Å². The molecule has 1 heterocycles. The first kappa shape index (κ1) is 34.6. The number of methoxy groups -OCH3 is 1. The highest BCUT2D eigenvalue weighted by Crippen LogP contribution is 2.36. The van der Waals surface area contributed by atoms with Crippen LogP contribution in [0.5, 0.6) is 17.2 Å². The van der Waals surface area contributed by atoms with Gasteiger partial charge in [0.05, 0.1) is 47.2 Å². The maximum absolute atomic E-state index is 12.6. The number of aromatic carboxylic acids is 1. The molecule has 0 bridgehead atoms. The van der Waals surface area contributed by atoms with Crippen molar-refractivity contribution in [2.45, 2.75) is 26.5 Å². The molecule has 3 aromatic carbocycles. The van der Waals surface area contributed by atoms with Crippen molar-refractivity contribution in [1.82, 2.24) is 16.1 Å². The van der Waals surface area contributed by atoms with Crippen molar-refractivity contribution >= 4 is 53.3 Å². The average Bonchev–Trinajstić information content (AvgIpc) is 3.03. The highest BCUT2D eigenvalue weighted by molar-refractivity contribution is 6.37. The van der Waals surface area contributed by atoms with Crippen LogP contribution in [-0.4, -0.2) is 55.5 Å². The summed E-state index contributed by atoms with van der Waals surface area (Å²) in [6, 6.07) is 12.8. The van der Waals surface area contributed by atoms with Crippen LogP contribution in [0.25, 0.3) is 0 Å². The van der Waals surface area contributed by atoms with Crippen LogP contribution < -0.4 is 30.3 Å². The molecule has 0 unspecified atom stereocenters. The third kappa shape index (κ3) is 8.93. The predicted molar refractivity (Wildman–Crippen MR) is 172 cm³/mol. The van der Waals surface area contributed by atoms with Crippen molar-refractivity contribution in [3.05, 3.63) is 98.2 Å². The summed E-state index contributed by atoms with van der Waals surface area (Å²) in [5.74, 6) is -1.45. The van der Waals surface area contributed by atoms with Crippen molar-refractivity contribution in [3.8, 4) is 17.2 Å². The first-order valence-electron chi connectivity index (χ1n) is 14.0. The normalized spacial score (nSPS) is 14.2. The average molecular weight is 686 g/mol. The molecule has 0 radical (unpaired) electrons. The van der Waals surface area contributed by atoms with Gasteiger partial charge in [-0.15, -0.1) is 0 Å². The minimum atomic E-state index is -1.03. The summed E-state index contributed by atoms with van der Waals surface area (Å²) in [7, 11) is 1.41. The van der Waals surface area contributed by atoms with E-state index in [1.165, 1.54) is 25.5 Å². The zero-order valence-electron chi connectivity index (χ0n) is 25.4. The third-order valence-electron chi connectivity index (χ3n) is 6.65. The zero-order chi connectivity index (χ0) is 34.1. The number of urea groups is 1. The van der Waals surface area contributed by atoms with Gasteiger partial charge in [-0.05, 0) is 66.9 Å². The largest absolute Gasteiger partial charge is 0.493 e. The van der Waals surface area contributed by atoms with Crippen molar-refractivity contribution in [2.75, 3.05) is 20.3 Å². The van der Waals surface area contributed by atoms with Crippen LogP contribution in [0.15, 0.2) is 71.0 Å². The molecule has 0 fully saturated rings. The molecule has 3 aromatic rings. The number of esters is 1. The van der Waals surface area contributed by atoms with Crippen LogP contribution in [0.3, 0.4) is 0 Å². The quantitative estimate of drug-likeness (QED) is 0.110. The second-order valence-electron chi connectivity index (χ2n) is 9.89. The summed E-state index contributed by atoms with van der Waals surface area (Å²) < 4.78 is 21.9. The van der Waals surface area contributed by atoms with Crippen LogP contribution in [0.1, 0.15) is 46.9 Å². The van der Waals surface area contributed by atoms with E-state index >= 15 is 0 Å². The van der Waals surface area contributed by atoms with Crippen molar-refractivity contribution in [1.29, 1.82) is 0 Å². The maximum atomic E-state index is 12.6. The molecule has 1 aliphatic heterocycles. The highest BCUT2D eigenvalue weighted by Gasteiger charge is 2.32. The number of hydrogen-bond donors (Lipinski definition) is 4. The molecule has 0 aliphatic carbocycles. The molecule has 0 spiro atoms. The van der Waals surface area contributed by atoms with Gasteiger partial charge in [0.25, 0.3) is 5.91 Å². The number of carboxylic acid groups (broad SMARTS) is 1. The smallest absolute Gasteiger partial charge is 0.338 e. The second-order valence-corrected chi connectivity index (χ2v) is 10.7. The Kier molecular flexibility index (Phi) is 11.7. The van der Waals surface area contributed by atoms with E-state index in [4.69, 9.17) is 47.3 Å². The Morgan fingerprint density at radius 1 is 1.02 bits per heavy atom. The summed E-state index contributed by atoms with van der Waals surface area (Å²) >= 11 is 12.7. The Morgan fingerprint density at radius 2 is 1.72 bits per heavy atom. The lowest BCUT2D eigenvalue weighted by Crippen LogP contribution is -2.45. The topological polar surface area (TPSA) is 174 Å². The van der Waals surface area contributed by atoms with E-state index in [2.05, 4.69) is 21.2 Å². The fourth-order valence-corrected chi connectivity index (χ4v) is 5.06. The van der Waals surface area contributed by atoms with Gasteiger partial charge >= 0.3 is 18.0 Å². The Hall–Kier alpha value is -5.27. The summed E-state index contributed by atoms with van der Waals surface area (Å²) in [5, 5.41) is 18.6. The summed E-state index contributed by atoms with van der Waals surface area (Å²) in [4.78, 5) is 48.2. The number of allylic oxidation sites excluding steroid dienone is 1. The first-order valence-corrected chi connectivity index (χ1v) is 14.8. The molecular formula is C32H30Cl2N4O9. The molecule has 1 aliphatic rings. The Labute approximate surface area is 279 Å². The van der Waals surface area contributed by atoms with Crippen LogP contribution >= 0.6 is 23.2 Å². The van der Waals surface area contributed by atoms with Crippen LogP contribution in [0, 0.1) is 0 Å². The highest BCUT2D eigenvalue weighted by atomic mass is 35.5. The van der Waals surface area contributed by atoms with Crippen LogP contribution in [-0.2, 0) is 20.9 Å². The molecule has 4 rings (SSSR count). The van der Waals surface area contributed by atoms with Crippen LogP contribution in [0.4, 0.5) is 4.79 Å². The third-order valence-corrected chi connectivity index (χ3v) is 7.21. The number of halogens is 2. The first-order chi connectivity index (χ1) is 22.5. The number of ether oxygens (including phenoxy) is 4. The number of carbonyl (C=O) groups is 4. The number of benzene rings is 3. The number of carbonyl (C=O) groups excluding carboxylic acids is 3. The van der Waals surface area contributed by atoms with Gasteiger partial charge in [-0.1, -0.05) is 41.4 Å². The minimum absolute atomic E-state index is 0.107. The second kappa shape index (κ2) is 15.8. The fraction of sp³-hybridized carbons (Fsp3) is 0.219. The van der Waals surface area contributed by atoms with Gasteiger partial charge in [0.1, 0.15) is 6.61 Å². The van der Waals surface area contributed by atoms with E-state index in [1.54, 1.807) is 56.3 Å². The van der Waals surface area contributed by atoms with Gasteiger partial charge < -0.3 is 34.7 Å². The monoisotopic (exact) mass is 684 g/mol. The number of hydrogen-bond acceptors (Lipinski definition) is 9. The van der Waals surface area contributed by atoms with Gasteiger partial charge in [-0.2, -0.15) is 5.10 Å². The Morgan fingerprint density at radius 3 is 2.36 bits per heavy atom. The Balaban J connectivity index is 1.34. The van der Waals surface area contributed by atoms with E-state index in [0.717, 1.165) is 5.56 Å². The Bertz CT molecular complexity index is 1720. The lowest BCUT2D eigenvalue weighted by molar-refractivity contribution is -0.139. The number of hydrazone groups is 1. The van der Waals surface area contributed by atoms with E-state index in [9.17, 15) is 19.2 Å². The minimum Gasteiger partial charge on any atom is -0.493 e. The van der Waals surface area contributed by atoms with Gasteiger partial charge in [0, 0.05) is 5.70 Å². The molecule has 0 aromatic heterocycles. The molecule has 47 heavy (non-hydrogen) atoms. The number of nitrogens with zero attached hydrogens (tertiary/aromatic N) is 1. The number of amides is 3. The number of nitrogens with one attached hydrogen (secondary N) is 3. The van der Waals surface area contributed by atoms with E-state index < -0.39 is 36.5 Å². The summed E-state index contributed by atoms with van der Waals surface area (Å²) in [5.41, 5.74) is 4.85. The van der Waals surface area contributed by atoms with E-state index in [-0.39, 0.29) is 51.6 Å². The molecular weight excluding hydrogens is 655 g/mol. The maximum Gasteiger partial charge on any atom is 0.338 e. The number of carboxylic acids is 1. The van der Waals surface area contributed by atoms with Crippen molar-refractivity contribution in [2.24, 2.45) is 5.10 Å². The number of rotatable bonds is 13. The standard InChI is InChI=1S/C32H30Cl2N4O9/c1-4-45-31(42)27-17(2)36-32(43)37-28(27)21-9-10-24(25(13-21)44-3)46-16-26(39)38-35-14-19-11-22(33)29(23(34)12-19)47-15-18-5-7-20(8-6-18)30(40)41/h5-14,28H,4,15-16H2,1-3H3,(H,38,39)(H,40,41)(H2,36,37,43)/b35-14-/t28-/m1/s1. The molecule has 0 saturated carbocycles. The molecule has 13 nitrogen and oxygen atoms in total. The molecule has 0 saturated heterocycles. The summed E-state index contributed by atoms with van der Waals surface area (Å²) in [6.45, 7) is 3.15. The molecule has 1 atom stereocenters. The summed E-state index contributed by atoms with van der Waals surface area (Å²) in [6.07, 6.45) is 1.34. The lowest BCUT2D eigenvalue weighted by atomic mass is 9.95. The van der Waals surface area contributed by atoms with E-state index in [1.807, 2.05) is 0 Å². The van der Waals surface area contributed by atoms with Gasteiger partial charge in [-0.3, -0.25) is 4.79 Å². The SMILES string of the molecule is CCOC(=O)C1=C(C)NC(=O)N[C@@H]1c1ccc(OCC(=O)N/N=C\c2cc(Cl)c(OCc3ccc(C(=O)O)cc3)c(Cl)c2)c(OC)c1. The van der Waals surface area contributed by atoms with Crippen molar-refractivity contribution in [3.63, 3.8) is 0 Å². The van der Waals surface area contributed by atoms with Gasteiger partial charge in [0.2, 0.25) is 0 Å². The van der Waals surface area contributed by atoms with E-state index in [0.29, 0.717) is 16.8 Å². The zero-order valence-corrected chi connectivity index (χ0v) is 26.9.